The van der Waals surface area contributed by atoms with Crippen LogP contribution in [0, 0.1) is 0 Å². The van der Waals surface area contributed by atoms with E-state index < -0.39 is 10.0 Å². The van der Waals surface area contributed by atoms with Crippen molar-refractivity contribution in [1.82, 2.24) is 4.57 Å². The van der Waals surface area contributed by atoms with Crippen LogP contribution < -0.4 is 9.46 Å². The Bertz CT molecular complexity index is 756. The van der Waals surface area contributed by atoms with Gasteiger partial charge in [-0.1, -0.05) is 15.9 Å². The van der Waals surface area contributed by atoms with E-state index in [1.165, 1.54) is 19.4 Å². The summed E-state index contributed by atoms with van der Waals surface area (Å²) in [5, 5.41) is 9.13. The number of sulfonamides is 1. The summed E-state index contributed by atoms with van der Waals surface area (Å²) in [6, 6.07) is 6.37. The van der Waals surface area contributed by atoms with Crippen molar-refractivity contribution in [2.45, 2.75) is 11.5 Å². The predicted octanol–water partition coefficient (Wildman–Crippen LogP) is 2.09. The minimum absolute atomic E-state index is 0.0907. The Morgan fingerprint density at radius 1 is 1.33 bits per heavy atom. The first-order chi connectivity index (χ1) is 9.85. The molecule has 0 fully saturated rings. The van der Waals surface area contributed by atoms with Gasteiger partial charge >= 0.3 is 0 Å². The van der Waals surface area contributed by atoms with E-state index in [1.54, 1.807) is 29.8 Å². The average molecular weight is 375 g/mol. The van der Waals surface area contributed by atoms with E-state index in [0.29, 0.717) is 21.6 Å². The standard InChI is InChI=1S/C13H15BrN2O4S/c1-16-7-13(6-11(16)8-17)21(18,19)15-10-3-9(14)4-12(5-10)20-2/h3-7,15,17H,8H2,1-2H3. The van der Waals surface area contributed by atoms with E-state index in [0.717, 1.165) is 0 Å². The summed E-state index contributed by atoms with van der Waals surface area (Å²) in [5.41, 5.74) is 0.901. The minimum atomic E-state index is -3.73. The van der Waals surface area contributed by atoms with Crippen molar-refractivity contribution in [3.05, 3.63) is 40.6 Å². The lowest BCUT2D eigenvalue weighted by Crippen LogP contribution is -2.12. The first-order valence-electron chi connectivity index (χ1n) is 5.99. The second-order valence-electron chi connectivity index (χ2n) is 4.42. The molecular formula is C13H15BrN2O4S. The van der Waals surface area contributed by atoms with Crippen LogP contribution in [0.25, 0.3) is 0 Å². The molecule has 1 aromatic heterocycles. The van der Waals surface area contributed by atoms with Crippen LogP contribution in [-0.4, -0.2) is 25.2 Å². The SMILES string of the molecule is COc1cc(Br)cc(NS(=O)(=O)c2cc(CO)n(C)c2)c1. The number of ether oxygens (including phenoxy) is 1. The third-order valence-electron chi connectivity index (χ3n) is 2.91. The van der Waals surface area contributed by atoms with Gasteiger partial charge in [-0.05, 0) is 18.2 Å². The van der Waals surface area contributed by atoms with Gasteiger partial charge in [0, 0.05) is 29.5 Å². The van der Waals surface area contributed by atoms with Crippen molar-refractivity contribution in [2.24, 2.45) is 7.05 Å². The Kier molecular flexibility index (Phi) is 4.60. The number of rotatable bonds is 5. The van der Waals surface area contributed by atoms with Crippen molar-refractivity contribution < 1.29 is 18.3 Å². The van der Waals surface area contributed by atoms with Gasteiger partial charge in [0.05, 0.1) is 19.4 Å². The van der Waals surface area contributed by atoms with Gasteiger partial charge in [-0.3, -0.25) is 4.72 Å². The van der Waals surface area contributed by atoms with Gasteiger partial charge < -0.3 is 14.4 Å². The Morgan fingerprint density at radius 2 is 2.05 bits per heavy atom. The van der Waals surface area contributed by atoms with Gasteiger partial charge in [0.15, 0.2) is 0 Å². The van der Waals surface area contributed by atoms with Crippen molar-refractivity contribution in [1.29, 1.82) is 0 Å². The third-order valence-corrected chi connectivity index (χ3v) is 4.72. The molecule has 0 aliphatic carbocycles. The lowest BCUT2D eigenvalue weighted by atomic mass is 10.3. The number of aliphatic hydroxyl groups is 1. The van der Waals surface area contributed by atoms with Crippen LogP contribution in [0.1, 0.15) is 5.69 Å². The van der Waals surface area contributed by atoms with Crippen LogP contribution in [-0.2, 0) is 23.7 Å². The third kappa shape index (κ3) is 3.58. The van der Waals surface area contributed by atoms with Crippen molar-refractivity contribution in [3.8, 4) is 5.75 Å². The number of hydrogen-bond donors (Lipinski definition) is 2. The molecule has 2 aromatic rings. The molecule has 1 heterocycles. The Balaban J connectivity index is 2.34. The quantitative estimate of drug-likeness (QED) is 0.839. The Labute approximate surface area is 131 Å². The number of methoxy groups -OCH3 is 1. The number of hydrogen-bond acceptors (Lipinski definition) is 4. The number of halogens is 1. The van der Waals surface area contributed by atoms with Crippen LogP contribution in [0.2, 0.25) is 0 Å². The van der Waals surface area contributed by atoms with Gasteiger partial charge in [-0.15, -0.1) is 0 Å². The lowest BCUT2D eigenvalue weighted by molar-refractivity contribution is 0.272. The molecule has 0 amide bonds. The molecular weight excluding hydrogens is 360 g/mol. The Hall–Kier alpha value is -1.51. The molecule has 114 valence electrons. The lowest BCUT2D eigenvalue weighted by Gasteiger charge is -2.09. The first-order valence-corrected chi connectivity index (χ1v) is 8.27. The summed E-state index contributed by atoms with van der Waals surface area (Å²) in [4.78, 5) is 0.0907. The molecule has 0 spiro atoms. The van der Waals surface area contributed by atoms with Crippen LogP contribution in [0.5, 0.6) is 5.75 Å². The van der Waals surface area contributed by atoms with Gasteiger partial charge in [-0.2, -0.15) is 0 Å². The highest BCUT2D eigenvalue weighted by molar-refractivity contribution is 9.10. The van der Waals surface area contributed by atoms with Crippen LogP contribution in [0.4, 0.5) is 5.69 Å². The molecule has 2 N–H and O–H groups in total. The maximum atomic E-state index is 12.3. The maximum absolute atomic E-state index is 12.3. The van der Waals surface area contributed by atoms with E-state index in [4.69, 9.17) is 9.84 Å². The molecule has 0 saturated carbocycles. The number of anilines is 1. The van der Waals surface area contributed by atoms with E-state index in [1.807, 2.05) is 0 Å². The zero-order chi connectivity index (χ0) is 15.6. The molecule has 21 heavy (non-hydrogen) atoms. The van der Waals surface area contributed by atoms with Gasteiger partial charge in [0.25, 0.3) is 10.0 Å². The van der Waals surface area contributed by atoms with E-state index in [-0.39, 0.29) is 11.5 Å². The predicted molar refractivity (Wildman–Crippen MR) is 82.8 cm³/mol. The van der Waals surface area contributed by atoms with E-state index >= 15 is 0 Å². The summed E-state index contributed by atoms with van der Waals surface area (Å²) >= 11 is 3.29. The summed E-state index contributed by atoms with van der Waals surface area (Å²) in [6.07, 6.45) is 1.45. The minimum Gasteiger partial charge on any atom is -0.497 e. The topological polar surface area (TPSA) is 80.6 Å². The largest absolute Gasteiger partial charge is 0.497 e. The molecule has 8 heteroatoms. The number of nitrogens with zero attached hydrogens (tertiary/aromatic N) is 1. The number of aryl methyl sites for hydroxylation is 1. The average Bonchev–Trinajstić information content (AvgIpc) is 2.79. The molecule has 0 bridgehead atoms. The van der Waals surface area contributed by atoms with Crippen LogP contribution >= 0.6 is 15.9 Å². The number of nitrogens with one attached hydrogen (secondary N) is 1. The molecule has 6 nitrogen and oxygen atoms in total. The molecule has 0 saturated heterocycles. The van der Waals surface area contributed by atoms with Crippen molar-refractivity contribution in [2.75, 3.05) is 11.8 Å². The highest BCUT2D eigenvalue weighted by atomic mass is 79.9. The highest BCUT2D eigenvalue weighted by Gasteiger charge is 2.18. The van der Waals surface area contributed by atoms with Gasteiger partial charge in [-0.25, -0.2) is 8.42 Å². The van der Waals surface area contributed by atoms with Crippen LogP contribution in [0.15, 0.2) is 39.8 Å². The zero-order valence-corrected chi connectivity index (χ0v) is 13.9. The number of aromatic nitrogens is 1. The van der Waals surface area contributed by atoms with E-state index in [2.05, 4.69) is 20.7 Å². The molecule has 0 aliphatic rings. The fraction of sp³-hybridized carbons (Fsp3) is 0.231. The summed E-state index contributed by atoms with van der Waals surface area (Å²) in [6.45, 7) is -0.225. The highest BCUT2D eigenvalue weighted by Crippen LogP contribution is 2.26. The first kappa shape index (κ1) is 15.9. The molecule has 0 radical (unpaired) electrons. The Morgan fingerprint density at radius 3 is 2.62 bits per heavy atom. The summed E-state index contributed by atoms with van der Waals surface area (Å²) in [5.74, 6) is 0.534. The normalized spacial score (nSPS) is 11.4. The van der Waals surface area contributed by atoms with E-state index in [9.17, 15) is 8.42 Å². The molecule has 1 aromatic carbocycles. The fourth-order valence-electron chi connectivity index (χ4n) is 1.83. The second-order valence-corrected chi connectivity index (χ2v) is 7.02. The zero-order valence-electron chi connectivity index (χ0n) is 11.5. The fourth-order valence-corrected chi connectivity index (χ4v) is 3.44. The maximum Gasteiger partial charge on any atom is 0.263 e. The summed E-state index contributed by atoms with van der Waals surface area (Å²) in [7, 11) is -0.547. The van der Waals surface area contributed by atoms with Gasteiger partial charge in [0.2, 0.25) is 0 Å². The van der Waals surface area contributed by atoms with Crippen molar-refractivity contribution >= 4 is 31.6 Å². The number of benzene rings is 1. The monoisotopic (exact) mass is 374 g/mol. The number of aliphatic hydroxyl groups excluding tert-OH is 1. The smallest absolute Gasteiger partial charge is 0.263 e. The second kappa shape index (κ2) is 6.08. The van der Waals surface area contributed by atoms with Crippen molar-refractivity contribution in [3.63, 3.8) is 0 Å². The van der Waals surface area contributed by atoms with Crippen LogP contribution in [0.3, 0.4) is 0 Å². The summed E-state index contributed by atoms with van der Waals surface area (Å²) < 4.78 is 34.5. The molecule has 0 unspecified atom stereocenters. The molecule has 0 aliphatic heterocycles. The van der Waals surface area contributed by atoms with Gasteiger partial charge in [0.1, 0.15) is 10.6 Å². The molecule has 0 atom stereocenters. The molecule has 2 rings (SSSR count).